The lowest BCUT2D eigenvalue weighted by atomic mass is 10.1. The van der Waals surface area contributed by atoms with E-state index in [1.807, 2.05) is 13.2 Å². The Hall–Kier alpha value is -3.56. The third-order valence-electron chi connectivity index (χ3n) is 6.35. The fourth-order valence-corrected chi connectivity index (χ4v) is 4.48. The van der Waals surface area contributed by atoms with E-state index in [9.17, 15) is 13.6 Å². The summed E-state index contributed by atoms with van der Waals surface area (Å²) in [5.41, 5.74) is 3.35. The number of nitrogens with zero attached hydrogens (tertiary/aromatic N) is 6. The van der Waals surface area contributed by atoms with Gasteiger partial charge in [-0.1, -0.05) is 0 Å². The lowest BCUT2D eigenvalue weighted by Crippen LogP contribution is -2.40. The van der Waals surface area contributed by atoms with Crippen LogP contribution in [-0.2, 0) is 24.8 Å². The molecule has 0 spiro atoms. The molecular weight excluding hydrogens is 442 g/mol. The molecule has 2 aliphatic heterocycles. The average molecular weight is 469 g/mol. The molecule has 8 nitrogen and oxygen atoms in total. The second-order valence-electron chi connectivity index (χ2n) is 8.76. The highest BCUT2D eigenvalue weighted by molar-refractivity contribution is 5.74. The zero-order chi connectivity index (χ0) is 23.8. The third-order valence-corrected chi connectivity index (χ3v) is 6.35. The maximum absolute atomic E-state index is 13.5. The number of rotatable bonds is 4. The van der Waals surface area contributed by atoms with Gasteiger partial charge >= 0.3 is 0 Å². The lowest BCUT2D eigenvalue weighted by Gasteiger charge is -2.35. The van der Waals surface area contributed by atoms with E-state index in [1.54, 1.807) is 22.7 Å². The number of anilines is 1. The second kappa shape index (κ2) is 9.00. The molecule has 1 amide bonds. The van der Waals surface area contributed by atoms with Crippen LogP contribution in [0.25, 0.3) is 11.3 Å². The fraction of sp³-hybridized carbons (Fsp3) is 0.417. The Labute approximate surface area is 196 Å². The van der Waals surface area contributed by atoms with Gasteiger partial charge in [0, 0.05) is 70.7 Å². The number of halogens is 2. The van der Waals surface area contributed by atoms with Crippen LogP contribution >= 0.6 is 0 Å². The summed E-state index contributed by atoms with van der Waals surface area (Å²) in [4.78, 5) is 25.8. The summed E-state index contributed by atoms with van der Waals surface area (Å²) in [7, 11) is 1.85. The first-order chi connectivity index (χ1) is 16.4. The van der Waals surface area contributed by atoms with Gasteiger partial charge in [0.2, 0.25) is 5.91 Å². The Morgan fingerprint density at radius 1 is 1.09 bits per heavy atom. The van der Waals surface area contributed by atoms with Crippen molar-refractivity contribution >= 4 is 11.7 Å². The van der Waals surface area contributed by atoms with Crippen LogP contribution in [0.4, 0.5) is 14.6 Å². The van der Waals surface area contributed by atoms with Gasteiger partial charge in [-0.3, -0.25) is 9.48 Å². The van der Waals surface area contributed by atoms with E-state index in [0.717, 1.165) is 40.6 Å². The highest BCUT2D eigenvalue weighted by Gasteiger charge is 2.28. The molecule has 2 aliphatic rings. The summed E-state index contributed by atoms with van der Waals surface area (Å²) in [5, 5.41) is 4.30. The molecule has 1 aromatic carbocycles. The van der Waals surface area contributed by atoms with Crippen molar-refractivity contribution in [2.45, 2.75) is 38.8 Å². The minimum absolute atomic E-state index is 0.0302. The van der Waals surface area contributed by atoms with E-state index in [-0.39, 0.29) is 12.0 Å². The van der Waals surface area contributed by atoms with Gasteiger partial charge in [-0.2, -0.15) is 5.10 Å². The first kappa shape index (κ1) is 22.2. The minimum Gasteiger partial charge on any atom is -0.490 e. The molecule has 0 unspecified atom stereocenters. The normalized spacial score (nSPS) is 16.5. The first-order valence-corrected chi connectivity index (χ1v) is 11.4. The molecule has 10 heteroatoms. The predicted octanol–water partition coefficient (Wildman–Crippen LogP) is 3.11. The van der Waals surface area contributed by atoms with Gasteiger partial charge < -0.3 is 14.5 Å². The van der Waals surface area contributed by atoms with Crippen LogP contribution in [0.2, 0.25) is 0 Å². The lowest BCUT2D eigenvalue weighted by molar-refractivity contribution is -0.129. The number of hydrogen-bond donors (Lipinski definition) is 0. The minimum atomic E-state index is -0.913. The summed E-state index contributed by atoms with van der Waals surface area (Å²) in [5.74, 6) is -0.639. The van der Waals surface area contributed by atoms with E-state index >= 15 is 0 Å². The Bertz CT molecular complexity index is 1220. The Kier molecular flexibility index (Phi) is 5.89. The molecule has 3 aromatic rings. The Balaban J connectivity index is 1.37. The molecule has 0 atom stereocenters. The molecule has 0 N–H and O–H groups in total. The molecule has 0 aliphatic carbocycles. The van der Waals surface area contributed by atoms with Crippen LogP contribution < -0.4 is 9.64 Å². The zero-order valence-corrected chi connectivity index (χ0v) is 19.2. The average Bonchev–Trinajstić information content (AvgIpc) is 3.27. The number of benzene rings is 1. The van der Waals surface area contributed by atoms with Crippen molar-refractivity contribution < 1.29 is 18.3 Å². The molecule has 1 saturated heterocycles. The predicted molar refractivity (Wildman–Crippen MR) is 121 cm³/mol. The highest BCUT2D eigenvalue weighted by atomic mass is 19.2. The van der Waals surface area contributed by atoms with Gasteiger partial charge in [-0.05, 0) is 12.1 Å². The van der Waals surface area contributed by atoms with Gasteiger partial charge in [-0.15, -0.1) is 0 Å². The van der Waals surface area contributed by atoms with E-state index < -0.39 is 11.6 Å². The quantitative estimate of drug-likeness (QED) is 0.586. The van der Waals surface area contributed by atoms with E-state index in [1.165, 1.54) is 6.07 Å². The Morgan fingerprint density at radius 2 is 1.88 bits per heavy atom. The number of hydrogen-bond acceptors (Lipinski definition) is 6. The molecule has 1 fully saturated rings. The number of aryl methyl sites for hydroxylation is 1. The summed E-state index contributed by atoms with van der Waals surface area (Å²) < 4.78 is 34.3. The van der Waals surface area contributed by atoms with Crippen molar-refractivity contribution in [1.82, 2.24) is 24.6 Å². The van der Waals surface area contributed by atoms with Crippen LogP contribution in [0.5, 0.6) is 5.75 Å². The van der Waals surface area contributed by atoms with Crippen molar-refractivity contribution in [3.05, 3.63) is 53.6 Å². The summed E-state index contributed by atoms with van der Waals surface area (Å²) in [6.07, 6.45) is 5.66. The van der Waals surface area contributed by atoms with E-state index in [2.05, 4.69) is 10.00 Å². The SMILES string of the molecule is CC(=O)N1CCc2nc(N3CCC(Oc4ccc(F)c(F)c4)CC3)c(-c3cnn(C)c3)nc2C1. The largest absolute Gasteiger partial charge is 0.490 e. The van der Waals surface area contributed by atoms with Crippen LogP contribution in [0.15, 0.2) is 30.6 Å². The van der Waals surface area contributed by atoms with Crippen LogP contribution in [0.1, 0.15) is 31.2 Å². The zero-order valence-electron chi connectivity index (χ0n) is 19.2. The molecule has 0 saturated carbocycles. The van der Waals surface area contributed by atoms with E-state index in [4.69, 9.17) is 14.7 Å². The van der Waals surface area contributed by atoms with Crippen LogP contribution in [0, 0.1) is 11.6 Å². The van der Waals surface area contributed by atoms with Gasteiger partial charge in [0.05, 0.1) is 24.1 Å². The number of carbonyl (C=O) groups is 1. The number of carbonyl (C=O) groups excluding carboxylic acids is 1. The smallest absolute Gasteiger partial charge is 0.219 e. The Morgan fingerprint density at radius 3 is 2.56 bits per heavy atom. The van der Waals surface area contributed by atoms with Crippen molar-refractivity contribution in [2.75, 3.05) is 24.5 Å². The third kappa shape index (κ3) is 4.44. The van der Waals surface area contributed by atoms with Gasteiger partial charge in [0.1, 0.15) is 17.5 Å². The standard InChI is InChI=1S/C24H26F2N6O2/c1-15(33)32-10-7-21-22(14-32)28-23(16-12-27-30(2)13-16)24(29-21)31-8-5-17(6-9-31)34-18-3-4-19(25)20(26)11-18/h3-4,11-13,17H,5-10,14H2,1-2H3. The second-order valence-corrected chi connectivity index (χ2v) is 8.76. The molecule has 178 valence electrons. The molecular formula is C24H26F2N6O2. The molecule has 2 aromatic heterocycles. The topological polar surface area (TPSA) is 76.4 Å². The van der Waals surface area contributed by atoms with Crippen molar-refractivity contribution in [3.8, 4) is 17.0 Å². The molecule has 0 radical (unpaired) electrons. The number of aromatic nitrogens is 4. The summed E-state index contributed by atoms with van der Waals surface area (Å²) in [6, 6.07) is 3.61. The maximum Gasteiger partial charge on any atom is 0.219 e. The molecule has 5 rings (SSSR count). The monoisotopic (exact) mass is 468 g/mol. The number of ether oxygens (including phenoxy) is 1. The van der Waals surface area contributed by atoms with Gasteiger partial charge in [0.15, 0.2) is 17.5 Å². The summed E-state index contributed by atoms with van der Waals surface area (Å²) >= 11 is 0. The first-order valence-electron chi connectivity index (χ1n) is 11.4. The van der Waals surface area contributed by atoms with Crippen LogP contribution in [0.3, 0.4) is 0 Å². The molecule has 0 bridgehead atoms. The summed E-state index contributed by atoms with van der Waals surface area (Å²) in [6.45, 7) is 4.03. The van der Waals surface area contributed by atoms with Crippen molar-refractivity contribution in [3.63, 3.8) is 0 Å². The van der Waals surface area contributed by atoms with Gasteiger partial charge in [0.25, 0.3) is 0 Å². The van der Waals surface area contributed by atoms with Crippen molar-refractivity contribution in [2.24, 2.45) is 7.05 Å². The number of fused-ring (bicyclic) bond motifs is 1. The van der Waals surface area contributed by atoms with E-state index in [0.29, 0.717) is 51.2 Å². The molecule has 34 heavy (non-hydrogen) atoms. The maximum atomic E-state index is 13.5. The highest BCUT2D eigenvalue weighted by Crippen LogP contribution is 2.32. The van der Waals surface area contributed by atoms with Crippen molar-refractivity contribution in [1.29, 1.82) is 0 Å². The van der Waals surface area contributed by atoms with Gasteiger partial charge in [-0.25, -0.2) is 18.7 Å². The number of piperidine rings is 1. The van der Waals surface area contributed by atoms with Crippen LogP contribution in [-0.4, -0.2) is 56.3 Å². The number of amides is 1. The molecule has 4 heterocycles. The fourth-order valence-electron chi connectivity index (χ4n) is 4.48.